The van der Waals surface area contributed by atoms with Crippen molar-refractivity contribution in [3.05, 3.63) is 0 Å². The Morgan fingerprint density at radius 2 is 1.72 bits per heavy atom. The Bertz CT molecular complexity index is 242. The van der Waals surface area contributed by atoms with Crippen LogP contribution in [0.4, 0.5) is 0 Å². The number of likely N-dealkylation sites (N-methyl/N-ethyl adjacent to an activating group) is 1. The van der Waals surface area contributed by atoms with Crippen LogP contribution in [0.1, 0.15) is 67.2 Å². The average Bonchev–Trinajstić information content (AvgIpc) is 2.24. The van der Waals surface area contributed by atoms with Crippen LogP contribution in [-0.4, -0.2) is 36.1 Å². The fraction of sp³-hybridized carbons (Fsp3) is 1.00. The van der Waals surface area contributed by atoms with Crippen LogP contribution < -0.4 is 5.32 Å². The SMILES string of the molecule is CC(CNC(C)(C)C)N(C)C1CCC(C)(C)CC1. The predicted octanol–water partition coefficient (Wildman–Crippen LogP) is 3.66. The lowest BCUT2D eigenvalue weighted by atomic mass is 9.75. The standard InChI is InChI=1S/C16H34N2/c1-13(12-17-15(2,3)4)18(7)14-8-10-16(5,6)11-9-14/h13-14,17H,8-12H2,1-7H3. The van der Waals surface area contributed by atoms with E-state index in [2.05, 4.69) is 58.8 Å². The second-order valence-electron chi connectivity index (χ2n) is 8.04. The van der Waals surface area contributed by atoms with E-state index in [1.165, 1.54) is 25.7 Å². The third kappa shape index (κ3) is 5.27. The van der Waals surface area contributed by atoms with Gasteiger partial charge in [-0.3, -0.25) is 4.90 Å². The van der Waals surface area contributed by atoms with Gasteiger partial charge in [-0.05, 0) is 65.8 Å². The van der Waals surface area contributed by atoms with Gasteiger partial charge in [0.15, 0.2) is 0 Å². The van der Waals surface area contributed by atoms with Gasteiger partial charge in [-0.1, -0.05) is 13.8 Å². The van der Waals surface area contributed by atoms with E-state index in [9.17, 15) is 0 Å². The van der Waals surface area contributed by atoms with Gasteiger partial charge in [-0.15, -0.1) is 0 Å². The van der Waals surface area contributed by atoms with Crippen molar-refractivity contribution in [2.75, 3.05) is 13.6 Å². The summed E-state index contributed by atoms with van der Waals surface area (Å²) in [4.78, 5) is 2.59. The second-order valence-corrected chi connectivity index (χ2v) is 8.04. The van der Waals surface area contributed by atoms with Gasteiger partial charge in [0.05, 0.1) is 0 Å². The first-order valence-corrected chi connectivity index (χ1v) is 7.58. The molecule has 1 unspecified atom stereocenters. The largest absolute Gasteiger partial charge is 0.311 e. The van der Waals surface area contributed by atoms with E-state index in [0.29, 0.717) is 11.5 Å². The Hall–Kier alpha value is -0.0800. The topological polar surface area (TPSA) is 15.3 Å². The van der Waals surface area contributed by atoms with Crippen molar-refractivity contribution in [1.82, 2.24) is 10.2 Å². The molecule has 18 heavy (non-hydrogen) atoms. The Balaban J connectivity index is 2.38. The number of rotatable bonds is 4. The quantitative estimate of drug-likeness (QED) is 0.823. The molecule has 1 saturated carbocycles. The van der Waals surface area contributed by atoms with Crippen LogP contribution in [0.3, 0.4) is 0 Å². The lowest BCUT2D eigenvalue weighted by Crippen LogP contribution is -2.49. The van der Waals surface area contributed by atoms with Crippen LogP contribution in [0.15, 0.2) is 0 Å². The van der Waals surface area contributed by atoms with Crippen molar-refractivity contribution in [3.63, 3.8) is 0 Å². The first-order chi connectivity index (χ1) is 8.11. The van der Waals surface area contributed by atoms with Crippen LogP contribution in [0.2, 0.25) is 0 Å². The maximum Gasteiger partial charge on any atom is 0.0192 e. The van der Waals surface area contributed by atoms with E-state index < -0.39 is 0 Å². The molecular formula is C16H34N2. The van der Waals surface area contributed by atoms with Crippen LogP contribution in [0.5, 0.6) is 0 Å². The van der Waals surface area contributed by atoms with E-state index in [4.69, 9.17) is 0 Å². The minimum Gasteiger partial charge on any atom is -0.311 e. The summed E-state index contributed by atoms with van der Waals surface area (Å²) >= 11 is 0. The molecule has 2 nitrogen and oxygen atoms in total. The molecule has 1 rings (SSSR count). The minimum atomic E-state index is 0.226. The summed E-state index contributed by atoms with van der Waals surface area (Å²) in [5.41, 5.74) is 0.799. The average molecular weight is 254 g/mol. The fourth-order valence-corrected chi connectivity index (χ4v) is 2.75. The van der Waals surface area contributed by atoms with Crippen molar-refractivity contribution < 1.29 is 0 Å². The molecule has 0 aliphatic heterocycles. The molecule has 0 radical (unpaired) electrons. The number of hydrogen-bond acceptors (Lipinski definition) is 2. The van der Waals surface area contributed by atoms with Crippen molar-refractivity contribution in [3.8, 4) is 0 Å². The first-order valence-electron chi connectivity index (χ1n) is 7.58. The minimum absolute atomic E-state index is 0.226. The molecule has 1 aliphatic carbocycles. The van der Waals surface area contributed by atoms with Crippen LogP contribution in [0.25, 0.3) is 0 Å². The summed E-state index contributed by atoms with van der Waals surface area (Å²) in [6.45, 7) is 15.0. The highest BCUT2D eigenvalue weighted by Gasteiger charge is 2.30. The molecular weight excluding hydrogens is 220 g/mol. The maximum atomic E-state index is 3.62. The predicted molar refractivity (Wildman–Crippen MR) is 81.0 cm³/mol. The van der Waals surface area contributed by atoms with Crippen molar-refractivity contribution in [1.29, 1.82) is 0 Å². The van der Waals surface area contributed by atoms with E-state index in [1.54, 1.807) is 0 Å². The molecule has 0 saturated heterocycles. The van der Waals surface area contributed by atoms with Gasteiger partial charge < -0.3 is 5.32 Å². The third-order valence-electron chi connectivity index (χ3n) is 4.51. The van der Waals surface area contributed by atoms with Gasteiger partial charge in [0.2, 0.25) is 0 Å². The Morgan fingerprint density at radius 3 is 2.17 bits per heavy atom. The van der Waals surface area contributed by atoms with Crippen molar-refractivity contribution >= 4 is 0 Å². The number of hydrogen-bond donors (Lipinski definition) is 1. The molecule has 0 amide bonds. The highest BCUT2D eigenvalue weighted by atomic mass is 15.2. The molecule has 0 aromatic rings. The van der Waals surface area contributed by atoms with Crippen LogP contribution >= 0.6 is 0 Å². The van der Waals surface area contributed by atoms with Gasteiger partial charge >= 0.3 is 0 Å². The molecule has 1 atom stereocenters. The highest BCUT2D eigenvalue weighted by Crippen LogP contribution is 2.36. The zero-order valence-corrected chi connectivity index (χ0v) is 13.6. The molecule has 0 bridgehead atoms. The molecule has 108 valence electrons. The number of nitrogens with one attached hydrogen (secondary N) is 1. The third-order valence-corrected chi connectivity index (χ3v) is 4.51. The summed E-state index contributed by atoms with van der Waals surface area (Å²) in [7, 11) is 2.30. The van der Waals surface area contributed by atoms with E-state index in [0.717, 1.165) is 12.6 Å². The summed E-state index contributed by atoms with van der Waals surface area (Å²) in [5, 5.41) is 3.62. The Morgan fingerprint density at radius 1 is 1.22 bits per heavy atom. The zero-order valence-electron chi connectivity index (χ0n) is 13.6. The lowest BCUT2D eigenvalue weighted by molar-refractivity contribution is 0.0971. The second kappa shape index (κ2) is 5.92. The molecule has 1 N–H and O–H groups in total. The Labute approximate surface area is 115 Å². The fourth-order valence-electron chi connectivity index (χ4n) is 2.75. The zero-order chi connectivity index (χ0) is 14.0. The van der Waals surface area contributed by atoms with Gasteiger partial charge in [0.25, 0.3) is 0 Å². The molecule has 0 heterocycles. The van der Waals surface area contributed by atoms with E-state index in [1.807, 2.05) is 0 Å². The molecule has 0 spiro atoms. The van der Waals surface area contributed by atoms with E-state index in [-0.39, 0.29) is 5.54 Å². The summed E-state index contributed by atoms with van der Waals surface area (Å²) < 4.78 is 0. The van der Waals surface area contributed by atoms with E-state index >= 15 is 0 Å². The van der Waals surface area contributed by atoms with Crippen LogP contribution in [-0.2, 0) is 0 Å². The van der Waals surface area contributed by atoms with Crippen molar-refractivity contribution in [2.24, 2.45) is 5.41 Å². The molecule has 0 aromatic carbocycles. The summed E-state index contributed by atoms with van der Waals surface area (Å²) in [6, 6.07) is 1.41. The summed E-state index contributed by atoms with van der Waals surface area (Å²) in [5.74, 6) is 0. The Kier molecular flexibility index (Phi) is 5.25. The van der Waals surface area contributed by atoms with Gasteiger partial charge in [0.1, 0.15) is 0 Å². The highest BCUT2D eigenvalue weighted by molar-refractivity contribution is 4.85. The smallest absolute Gasteiger partial charge is 0.0192 e. The normalized spacial score (nSPS) is 23.3. The molecule has 1 fully saturated rings. The molecule has 2 heteroatoms. The van der Waals surface area contributed by atoms with Crippen LogP contribution in [0, 0.1) is 5.41 Å². The molecule has 0 aromatic heterocycles. The maximum absolute atomic E-state index is 3.62. The first kappa shape index (κ1) is 16.0. The van der Waals surface area contributed by atoms with Gasteiger partial charge in [-0.2, -0.15) is 0 Å². The summed E-state index contributed by atoms with van der Waals surface area (Å²) in [6.07, 6.45) is 5.48. The lowest BCUT2D eigenvalue weighted by Gasteiger charge is -2.41. The van der Waals surface area contributed by atoms with Crippen molar-refractivity contribution in [2.45, 2.75) is 84.8 Å². The monoisotopic (exact) mass is 254 g/mol. The number of nitrogens with zero attached hydrogens (tertiary/aromatic N) is 1. The van der Waals surface area contributed by atoms with Gasteiger partial charge in [0, 0.05) is 24.2 Å². The molecule has 1 aliphatic rings. The van der Waals surface area contributed by atoms with Gasteiger partial charge in [-0.25, -0.2) is 0 Å².